The maximum Gasteiger partial charge on any atom is 0.0741 e. The molecule has 1 unspecified atom stereocenters. The van der Waals surface area contributed by atoms with Gasteiger partial charge in [0.1, 0.15) is 0 Å². The van der Waals surface area contributed by atoms with Crippen molar-refractivity contribution in [3.8, 4) is 0 Å². The van der Waals surface area contributed by atoms with Crippen LogP contribution in [0, 0.1) is 0 Å². The maximum absolute atomic E-state index is 8.82. The van der Waals surface area contributed by atoms with E-state index >= 15 is 0 Å². The number of oxime groups is 1. The zero-order valence-corrected chi connectivity index (χ0v) is 11.5. The molecule has 0 radical (unpaired) electrons. The van der Waals surface area contributed by atoms with E-state index in [2.05, 4.69) is 10.1 Å². The maximum atomic E-state index is 8.82. The zero-order chi connectivity index (χ0) is 13.1. The lowest BCUT2D eigenvalue weighted by molar-refractivity contribution is -0.151. The average molecular weight is 268 g/mol. The third-order valence-electron chi connectivity index (χ3n) is 4.90. The second-order valence-electron chi connectivity index (χ2n) is 5.99. The number of hydrogen-bond donors (Lipinski definition) is 1. The van der Waals surface area contributed by atoms with E-state index in [4.69, 9.17) is 14.7 Å². The highest BCUT2D eigenvalue weighted by Gasteiger charge is 2.41. The molecule has 3 rings (SSSR count). The molecule has 5 heteroatoms. The van der Waals surface area contributed by atoms with Gasteiger partial charge in [-0.05, 0) is 25.7 Å². The fourth-order valence-corrected chi connectivity index (χ4v) is 3.65. The molecule has 0 amide bonds. The highest BCUT2D eigenvalue weighted by atomic mass is 16.5. The molecule has 108 valence electrons. The van der Waals surface area contributed by atoms with E-state index in [1.54, 1.807) is 0 Å². The first-order chi connectivity index (χ1) is 9.31. The highest BCUT2D eigenvalue weighted by molar-refractivity contribution is 5.84. The fraction of sp³-hybridized carbons (Fsp3) is 0.929. The normalized spacial score (nSPS) is 32.4. The summed E-state index contributed by atoms with van der Waals surface area (Å²) in [7, 11) is 0. The van der Waals surface area contributed by atoms with Crippen LogP contribution in [0.2, 0.25) is 0 Å². The Labute approximate surface area is 114 Å². The summed E-state index contributed by atoms with van der Waals surface area (Å²) >= 11 is 0. The fourth-order valence-electron chi connectivity index (χ4n) is 3.65. The summed E-state index contributed by atoms with van der Waals surface area (Å²) in [5, 5.41) is 12.2. The predicted molar refractivity (Wildman–Crippen MR) is 71.8 cm³/mol. The largest absolute Gasteiger partial charge is 0.411 e. The summed E-state index contributed by atoms with van der Waals surface area (Å²) in [5.74, 6) is 0. The molecule has 1 N–H and O–H groups in total. The van der Waals surface area contributed by atoms with Gasteiger partial charge in [-0.2, -0.15) is 0 Å². The zero-order valence-electron chi connectivity index (χ0n) is 11.5. The molecule has 5 nitrogen and oxygen atoms in total. The van der Waals surface area contributed by atoms with Crippen molar-refractivity contribution in [1.29, 1.82) is 0 Å². The molecule has 1 atom stereocenters. The molecule has 0 aromatic rings. The number of ether oxygens (including phenoxy) is 2. The molecule has 0 aliphatic carbocycles. The quantitative estimate of drug-likeness (QED) is 0.580. The van der Waals surface area contributed by atoms with Crippen molar-refractivity contribution in [3.05, 3.63) is 0 Å². The van der Waals surface area contributed by atoms with Gasteiger partial charge in [0.25, 0.3) is 0 Å². The minimum atomic E-state index is 0.0759. The number of rotatable bonds is 1. The van der Waals surface area contributed by atoms with Crippen LogP contribution < -0.4 is 0 Å². The Bertz CT molecular complexity index is 324. The van der Waals surface area contributed by atoms with Crippen LogP contribution in [-0.2, 0) is 9.47 Å². The van der Waals surface area contributed by atoms with Gasteiger partial charge in [-0.3, -0.25) is 4.90 Å². The van der Waals surface area contributed by atoms with Crippen molar-refractivity contribution in [2.75, 3.05) is 32.9 Å². The standard InChI is InChI=1S/C14H24N2O3/c17-15-12-1-6-16(7-2-12)13-3-8-19-14(11-13)4-9-18-10-5-14/h13,17H,1-11H2. The first-order valence-corrected chi connectivity index (χ1v) is 7.47. The molecule has 0 bridgehead atoms. The van der Waals surface area contributed by atoms with Crippen LogP contribution in [0.5, 0.6) is 0 Å². The predicted octanol–water partition coefficient (Wildman–Crippen LogP) is 1.64. The molecule has 0 aromatic carbocycles. The van der Waals surface area contributed by atoms with Gasteiger partial charge in [0, 0.05) is 51.8 Å². The number of hydrogen-bond acceptors (Lipinski definition) is 5. The third kappa shape index (κ3) is 2.93. The van der Waals surface area contributed by atoms with E-state index in [-0.39, 0.29) is 5.60 Å². The van der Waals surface area contributed by atoms with Crippen molar-refractivity contribution >= 4 is 5.71 Å². The molecule has 3 fully saturated rings. The summed E-state index contributed by atoms with van der Waals surface area (Å²) in [6, 6.07) is 0.632. The number of likely N-dealkylation sites (tertiary alicyclic amines) is 1. The minimum Gasteiger partial charge on any atom is -0.411 e. The summed E-state index contributed by atoms with van der Waals surface area (Å²) in [4.78, 5) is 2.56. The van der Waals surface area contributed by atoms with Gasteiger partial charge < -0.3 is 14.7 Å². The first-order valence-electron chi connectivity index (χ1n) is 7.47. The third-order valence-corrected chi connectivity index (χ3v) is 4.90. The molecule has 3 aliphatic heterocycles. The Morgan fingerprint density at radius 3 is 2.58 bits per heavy atom. The van der Waals surface area contributed by atoms with Crippen LogP contribution in [0.1, 0.15) is 38.5 Å². The Morgan fingerprint density at radius 1 is 1.16 bits per heavy atom. The van der Waals surface area contributed by atoms with Crippen LogP contribution in [0.3, 0.4) is 0 Å². The monoisotopic (exact) mass is 268 g/mol. The molecule has 0 aromatic heterocycles. The average Bonchev–Trinajstić information content (AvgIpc) is 2.48. The Morgan fingerprint density at radius 2 is 1.89 bits per heavy atom. The molecular formula is C14H24N2O3. The summed E-state index contributed by atoms with van der Waals surface area (Å²) in [6.07, 6.45) is 6.17. The molecule has 0 saturated carbocycles. The molecule has 3 saturated heterocycles. The van der Waals surface area contributed by atoms with Crippen LogP contribution in [0.25, 0.3) is 0 Å². The van der Waals surface area contributed by atoms with Crippen molar-refractivity contribution in [3.63, 3.8) is 0 Å². The summed E-state index contributed by atoms with van der Waals surface area (Å²) in [6.45, 7) is 4.61. The van der Waals surface area contributed by atoms with Crippen molar-refractivity contribution in [2.24, 2.45) is 5.16 Å². The lowest BCUT2D eigenvalue weighted by Gasteiger charge is -2.47. The van der Waals surface area contributed by atoms with Gasteiger partial charge in [0.05, 0.1) is 11.3 Å². The summed E-state index contributed by atoms with van der Waals surface area (Å²) in [5.41, 5.74) is 1.02. The van der Waals surface area contributed by atoms with Gasteiger partial charge in [0.2, 0.25) is 0 Å². The molecule has 19 heavy (non-hydrogen) atoms. The SMILES string of the molecule is ON=C1CCN(C2CCOC3(CCOCC3)C2)CC1. The molecule has 3 aliphatic rings. The highest BCUT2D eigenvalue weighted by Crippen LogP contribution is 2.36. The second-order valence-corrected chi connectivity index (χ2v) is 5.99. The van der Waals surface area contributed by atoms with E-state index in [1.807, 2.05) is 0 Å². The number of nitrogens with zero attached hydrogens (tertiary/aromatic N) is 2. The van der Waals surface area contributed by atoms with Crippen LogP contribution >= 0.6 is 0 Å². The Balaban J connectivity index is 1.59. The van der Waals surface area contributed by atoms with E-state index in [9.17, 15) is 0 Å². The Hall–Kier alpha value is -0.650. The Kier molecular flexibility index (Phi) is 4.05. The molecular weight excluding hydrogens is 244 g/mol. The topological polar surface area (TPSA) is 54.3 Å². The van der Waals surface area contributed by atoms with Crippen LogP contribution in [0.15, 0.2) is 5.16 Å². The minimum absolute atomic E-state index is 0.0759. The van der Waals surface area contributed by atoms with Gasteiger partial charge in [-0.25, -0.2) is 0 Å². The van der Waals surface area contributed by atoms with Gasteiger partial charge in [-0.1, -0.05) is 5.16 Å². The smallest absolute Gasteiger partial charge is 0.0741 e. The van der Waals surface area contributed by atoms with E-state index in [0.29, 0.717) is 6.04 Å². The molecule has 3 heterocycles. The van der Waals surface area contributed by atoms with E-state index in [1.165, 1.54) is 0 Å². The lowest BCUT2D eigenvalue weighted by Crippen LogP contribution is -2.52. The number of piperidine rings is 1. The van der Waals surface area contributed by atoms with Crippen LogP contribution in [0.4, 0.5) is 0 Å². The molecule has 1 spiro atoms. The first kappa shape index (κ1) is 13.3. The van der Waals surface area contributed by atoms with E-state index in [0.717, 1.165) is 77.1 Å². The van der Waals surface area contributed by atoms with Gasteiger partial charge in [-0.15, -0.1) is 0 Å². The van der Waals surface area contributed by atoms with Gasteiger partial charge >= 0.3 is 0 Å². The van der Waals surface area contributed by atoms with Crippen LogP contribution in [-0.4, -0.2) is 60.4 Å². The lowest BCUT2D eigenvalue weighted by atomic mass is 9.83. The van der Waals surface area contributed by atoms with Crippen molar-refractivity contribution in [1.82, 2.24) is 4.90 Å². The second kappa shape index (κ2) is 5.77. The van der Waals surface area contributed by atoms with E-state index < -0.39 is 0 Å². The van der Waals surface area contributed by atoms with Crippen molar-refractivity contribution < 1.29 is 14.7 Å². The van der Waals surface area contributed by atoms with Gasteiger partial charge in [0.15, 0.2) is 0 Å². The summed E-state index contributed by atoms with van der Waals surface area (Å²) < 4.78 is 11.6. The van der Waals surface area contributed by atoms with Crippen molar-refractivity contribution in [2.45, 2.75) is 50.2 Å².